The number of hydrogen-bond acceptors (Lipinski definition) is 6. The van der Waals surface area contributed by atoms with Crippen LogP contribution in [-0.2, 0) is 26.1 Å². The molecule has 0 bridgehead atoms. The molecule has 0 amide bonds. The summed E-state index contributed by atoms with van der Waals surface area (Å²) in [6.45, 7) is 6.92. The molecule has 31 heavy (non-hydrogen) atoms. The molecule has 8 nitrogen and oxygen atoms in total. The van der Waals surface area contributed by atoms with Crippen LogP contribution in [0, 0.1) is 19.8 Å². The third-order valence-electron chi connectivity index (χ3n) is 5.73. The van der Waals surface area contributed by atoms with Gasteiger partial charge in [0, 0.05) is 49.0 Å². The number of ether oxygens (including phenoxy) is 1. The lowest BCUT2D eigenvalue weighted by molar-refractivity contribution is -0.148. The summed E-state index contributed by atoms with van der Waals surface area (Å²) in [5, 5.41) is 0. The second-order valence-electron chi connectivity index (χ2n) is 7.83. The van der Waals surface area contributed by atoms with Gasteiger partial charge < -0.3 is 9.30 Å². The van der Waals surface area contributed by atoms with Gasteiger partial charge in [-0.05, 0) is 51.3 Å². The number of carbonyl (C=O) groups is 2. The minimum atomic E-state index is -3.62. The molecule has 1 saturated heterocycles. The van der Waals surface area contributed by atoms with E-state index in [0.29, 0.717) is 18.4 Å². The molecule has 0 spiro atoms. The summed E-state index contributed by atoms with van der Waals surface area (Å²) in [4.78, 5) is 29.0. The van der Waals surface area contributed by atoms with Crippen LogP contribution in [0.5, 0.6) is 0 Å². The predicted molar refractivity (Wildman–Crippen MR) is 115 cm³/mol. The molecule has 0 aliphatic carbocycles. The van der Waals surface area contributed by atoms with Gasteiger partial charge in [-0.2, -0.15) is 4.31 Å². The molecule has 3 rings (SSSR count). The SMILES string of the molecule is CCCn1c(C)cc(C(=O)COC(=O)C2CCN(S(=O)(=O)c3cccnc3)CC2)c1C. The number of Topliss-reactive ketones (excluding diaryl/α,β-unsaturated/α-hetero) is 1. The lowest BCUT2D eigenvalue weighted by Gasteiger charge is -2.29. The molecule has 2 aromatic rings. The van der Waals surface area contributed by atoms with E-state index >= 15 is 0 Å². The van der Waals surface area contributed by atoms with Gasteiger partial charge in [0.05, 0.1) is 5.92 Å². The van der Waals surface area contributed by atoms with Crippen LogP contribution in [0.15, 0.2) is 35.5 Å². The zero-order valence-corrected chi connectivity index (χ0v) is 19.0. The van der Waals surface area contributed by atoms with Gasteiger partial charge in [-0.3, -0.25) is 14.6 Å². The molecule has 3 heterocycles. The van der Waals surface area contributed by atoms with Gasteiger partial charge >= 0.3 is 5.97 Å². The van der Waals surface area contributed by atoms with Gasteiger partial charge in [0.25, 0.3) is 0 Å². The maximum Gasteiger partial charge on any atom is 0.309 e. The van der Waals surface area contributed by atoms with E-state index < -0.39 is 21.9 Å². The zero-order valence-electron chi connectivity index (χ0n) is 18.2. The molecular weight excluding hydrogens is 418 g/mol. The van der Waals surface area contributed by atoms with E-state index in [1.165, 1.54) is 22.8 Å². The van der Waals surface area contributed by atoms with Crippen molar-refractivity contribution in [2.24, 2.45) is 5.92 Å². The molecule has 1 aliphatic heterocycles. The Morgan fingerprint density at radius 2 is 1.94 bits per heavy atom. The number of piperidine rings is 1. The normalized spacial score (nSPS) is 15.7. The van der Waals surface area contributed by atoms with Crippen molar-refractivity contribution in [1.29, 1.82) is 0 Å². The average Bonchev–Trinajstić information content (AvgIpc) is 3.06. The summed E-state index contributed by atoms with van der Waals surface area (Å²) in [6, 6.07) is 4.92. The highest BCUT2D eigenvalue weighted by atomic mass is 32.2. The molecule has 168 valence electrons. The fraction of sp³-hybridized carbons (Fsp3) is 0.500. The number of hydrogen-bond donors (Lipinski definition) is 0. The Labute approximate surface area is 183 Å². The molecular formula is C22H29N3O5S. The van der Waals surface area contributed by atoms with Crippen molar-refractivity contribution in [3.63, 3.8) is 0 Å². The highest BCUT2D eigenvalue weighted by molar-refractivity contribution is 7.89. The van der Waals surface area contributed by atoms with E-state index in [0.717, 1.165) is 24.4 Å². The summed E-state index contributed by atoms with van der Waals surface area (Å²) in [7, 11) is -3.62. The maximum absolute atomic E-state index is 12.7. The van der Waals surface area contributed by atoms with Gasteiger partial charge in [-0.25, -0.2) is 8.42 Å². The fourth-order valence-electron chi connectivity index (χ4n) is 3.96. The van der Waals surface area contributed by atoms with Crippen molar-refractivity contribution < 1.29 is 22.7 Å². The van der Waals surface area contributed by atoms with Gasteiger partial charge in [-0.15, -0.1) is 0 Å². The van der Waals surface area contributed by atoms with Gasteiger partial charge in [-0.1, -0.05) is 6.92 Å². The van der Waals surface area contributed by atoms with Crippen molar-refractivity contribution in [2.45, 2.75) is 51.5 Å². The first kappa shape index (κ1) is 23.1. The third-order valence-corrected chi connectivity index (χ3v) is 7.61. The van der Waals surface area contributed by atoms with Crippen molar-refractivity contribution in [2.75, 3.05) is 19.7 Å². The second kappa shape index (κ2) is 9.74. The summed E-state index contributed by atoms with van der Waals surface area (Å²) in [6.07, 6.45) is 4.52. The largest absolute Gasteiger partial charge is 0.457 e. The monoisotopic (exact) mass is 447 g/mol. The number of aromatic nitrogens is 2. The Kier molecular flexibility index (Phi) is 7.27. The van der Waals surface area contributed by atoms with Gasteiger partial charge in [0.15, 0.2) is 6.61 Å². The average molecular weight is 448 g/mol. The van der Waals surface area contributed by atoms with E-state index in [1.54, 1.807) is 6.07 Å². The highest BCUT2D eigenvalue weighted by Crippen LogP contribution is 2.24. The number of ketones is 1. The zero-order chi connectivity index (χ0) is 22.6. The smallest absolute Gasteiger partial charge is 0.309 e. The summed E-state index contributed by atoms with van der Waals surface area (Å²) in [5.74, 6) is -1.09. The lowest BCUT2D eigenvalue weighted by Crippen LogP contribution is -2.40. The molecule has 0 atom stereocenters. The Bertz CT molecular complexity index is 1040. The minimum absolute atomic E-state index is 0.141. The summed E-state index contributed by atoms with van der Waals surface area (Å²) in [5.41, 5.74) is 2.47. The third kappa shape index (κ3) is 5.04. The molecule has 1 fully saturated rings. The number of sulfonamides is 1. The van der Waals surface area contributed by atoms with Crippen LogP contribution in [0.1, 0.15) is 47.9 Å². The minimum Gasteiger partial charge on any atom is -0.457 e. The first-order valence-corrected chi connectivity index (χ1v) is 12.0. The van der Waals surface area contributed by atoms with E-state index in [-0.39, 0.29) is 30.4 Å². The Hall–Kier alpha value is -2.52. The molecule has 0 unspecified atom stereocenters. The van der Waals surface area contributed by atoms with E-state index in [2.05, 4.69) is 16.5 Å². The van der Waals surface area contributed by atoms with Crippen LogP contribution in [0.4, 0.5) is 0 Å². The van der Waals surface area contributed by atoms with Crippen LogP contribution in [0.2, 0.25) is 0 Å². The van der Waals surface area contributed by atoms with Crippen LogP contribution < -0.4 is 0 Å². The van der Waals surface area contributed by atoms with E-state index in [1.807, 2.05) is 19.9 Å². The molecule has 0 N–H and O–H groups in total. The Morgan fingerprint density at radius 1 is 1.23 bits per heavy atom. The van der Waals surface area contributed by atoms with Crippen molar-refractivity contribution in [3.05, 3.63) is 47.5 Å². The number of esters is 1. The maximum atomic E-state index is 12.7. The Balaban J connectivity index is 1.54. The van der Waals surface area contributed by atoms with E-state index in [9.17, 15) is 18.0 Å². The van der Waals surface area contributed by atoms with Crippen LogP contribution >= 0.6 is 0 Å². The summed E-state index contributed by atoms with van der Waals surface area (Å²) >= 11 is 0. The van der Waals surface area contributed by atoms with Crippen molar-refractivity contribution >= 4 is 21.8 Å². The first-order chi connectivity index (χ1) is 14.8. The molecule has 9 heteroatoms. The topological polar surface area (TPSA) is 98.6 Å². The molecule has 2 aromatic heterocycles. The van der Waals surface area contributed by atoms with Crippen LogP contribution in [0.3, 0.4) is 0 Å². The number of aryl methyl sites for hydroxylation is 1. The number of nitrogens with zero attached hydrogens (tertiary/aromatic N) is 3. The lowest BCUT2D eigenvalue weighted by atomic mass is 9.98. The quantitative estimate of drug-likeness (QED) is 0.456. The van der Waals surface area contributed by atoms with Crippen LogP contribution in [0.25, 0.3) is 0 Å². The number of pyridine rings is 1. The predicted octanol–water partition coefficient (Wildman–Crippen LogP) is 2.74. The Morgan fingerprint density at radius 3 is 2.55 bits per heavy atom. The molecule has 0 radical (unpaired) electrons. The molecule has 1 aliphatic rings. The summed E-state index contributed by atoms with van der Waals surface area (Å²) < 4.78 is 34.1. The van der Waals surface area contributed by atoms with Gasteiger partial charge in [0.2, 0.25) is 15.8 Å². The van der Waals surface area contributed by atoms with E-state index in [4.69, 9.17) is 4.74 Å². The van der Waals surface area contributed by atoms with Crippen LogP contribution in [-0.4, -0.2) is 53.7 Å². The standard InChI is InChI=1S/C22H29N3O5S/c1-4-10-25-16(2)13-20(17(25)3)21(26)15-30-22(27)18-7-11-24(12-8-18)31(28,29)19-6-5-9-23-14-19/h5-6,9,13-14,18H,4,7-8,10-12,15H2,1-3H3. The van der Waals surface area contributed by atoms with Gasteiger partial charge in [0.1, 0.15) is 4.90 Å². The van der Waals surface area contributed by atoms with Crippen molar-refractivity contribution in [3.8, 4) is 0 Å². The first-order valence-electron chi connectivity index (χ1n) is 10.5. The second-order valence-corrected chi connectivity index (χ2v) is 9.77. The number of carbonyl (C=O) groups excluding carboxylic acids is 2. The highest BCUT2D eigenvalue weighted by Gasteiger charge is 2.33. The fourth-order valence-corrected chi connectivity index (χ4v) is 5.40. The number of rotatable bonds is 8. The van der Waals surface area contributed by atoms with Crippen molar-refractivity contribution in [1.82, 2.24) is 13.9 Å². The molecule has 0 aromatic carbocycles. The molecule has 0 saturated carbocycles.